The summed E-state index contributed by atoms with van der Waals surface area (Å²) in [5.74, 6) is -1.13. The molecule has 0 aliphatic carbocycles. The molecule has 31 heavy (non-hydrogen) atoms. The van der Waals surface area contributed by atoms with E-state index in [9.17, 15) is 19.7 Å². The van der Waals surface area contributed by atoms with Gasteiger partial charge < -0.3 is 14.4 Å². The smallest absolute Gasteiger partial charge is 0.340 e. The predicted octanol–water partition coefficient (Wildman–Crippen LogP) is 3.62. The normalized spacial score (nSPS) is 13.7. The van der Waals surface area contributed by atoms with E-state index in [4.69, 9.17) is 9.47 Å². The molecular weight excluding hydrogens is 400 g/mol. The van der Waals surface area contributed by atoms with Crippen LogP contribution in [-0.2, 0) is 9.47 Å². The third-order valence-corrected chi connectivity index (χ3v) is 5.17. The fourth-order valence-electron chi connectivity index (χ4n) is 3.54. The molecule has 0 amide bonds. The first kappa shape index (κ1) is 20.5. The number of nitro groups is 1. The lowest BCUT2D eigenvalue weighted by atomic mass is 10.0. The molecule has 8 nitrogen and oxygen atoms in total. The third kappa shape index (κ3) is 4.54. The Bertz CT molecular complexity index is 1150. The average Bonchev–Trinajstić information content (AvgIpc) is 2.82. The van der Waals surface area contributed by atoms with Gasteiger partial charge in [-0.05, 0) is 22.9 Å². The van der Waals surface area contributed by atoms with Crippen LogP contribution in [0.15, 0.2) is 60.7 Å². The molecule has 8 heteroatoms. The van der Waals surface area contributed by atoms with Gasteiger partial charge in [-0.2, -0.15) is 0 Å². The Morgan fingerprint density at radius 3 is 2.48 bits per heavy atom. The van der Waals surface area contributed by atoms with Gasteiger partial charge in [0.15, 0.2) is 12.4 Å². The van der Waals surface area contributed by atoms with Crippen molar-refractivity contribution < 1.29 is 24.0 Å². The number of fused-ring (bicyclic) bond motifs is 1. The number of carbonyl (C=O) groups is 2. The van der Waals surface area contributed by atoms with Crippen LogP contribution in [0, 0.1) is 10.1 Å². The second-order valence-corrected chi connectivity index (χ2v) is 7.12. The largest absolute Gasteiger partial charge is 0.454 e. The van der Waals surface area contributed by atoms with E-state index in [1.54, 1.807) is 12.1 Å². The number of anilines is 1. The molecule has 0 N–H and O–H groups in total. The minimum atomic E-state index is -0.778. The molecule has 0 saturated carbocycles. The molecule has 0 aromatic heterocycles. The lowest BCUT2D eigenvalue weighted by Gasteiger charge is -2.30. The van der Waals surface area contributed by atoms with E-state index in [1.165, 1.54) is 18.2 Å². The fraction of sp³-hybridized carbons (Fsp3) is 0.217. The first-order valence-corrected chi connectivity index (χ1v) is 9.83. The van der Waals surface area contributed by atoms with Crippen molar-refractivity contribution in [1.82, 2.24) is 0 Å². The topological polar surface area (TPSA) is 99.0 Å². The van der Waals surface area contributed by atoms with Gasteiger partial charge in [0, 0.05) is 30.8 Å². The van der Waals surface area contributed by atoms with Crippen molar-refractivity contribution in [2.24, 2.45) is 0 Å². The highest BCUT2D eigenvalue weighted by Crippen LogP contribution is 2.27. The van der Waals surface area contributed by atoms with Gasteiger partial charge in [-0.25, -0.2) is 4.79 Å². The molecule has 1 heterocycles. The number of nitro benzene ring substituents is 1. The molecule has 0 bridgehead atoms. The number of rotatable bonds is 6. The summed E-state index contributed by atoms with van der Waals surface area (Å²) in [6.45, 7) is 1.63. The van der Waals surface area contributed by atoms with E-state index in [-0.39, 0.29) is 17.0 Å². The van der Waals surface area contributed by atoms with E-state index < -0.39 is 17.5 Å². The molecule has 0 spiro atoms. The van der Waals surface area contributed by atoms with Crippen LogP contribution in [-0.4, -0.2) is 49.6 Å². The van der Waals surface area contributed by atoms with Crippen LogP contribution < -0.4 is 4.90 Å². The summed E-state index contributed by atoms with van der Waals surface area (Å²) in [7, 11) is 0. The Morgan fingerprint density at radius 1 is 1.00 bits per heavy atom. The quantitative estimate of drug-likeness (QED) is 0.260. The van der Waals surface area contributed by atoms with Gasteiger partial charge in [0.25, 0.3) is 5.69 Å². The van der Waals surface area contributed by atoms with Crippen LogP contribution in [0.2, 0.25) is 0 Å². The zero-order chi connectivity index (χ0) is 21.8. The zero-order valence-electron chi connectivity index (χ0n) is 16.7. The molecule has 1 fully saturated rings. The Kier molecular flexibility index (Phi) is 5.90. The number of nitrogens with zero attached hydrogens (tertiary/aromatic N) is 2. The third-order valence-electron chi connectivity index (χ3n) is 5.17. The Balaban J connectivity index is 1.53. The van der Waals surface area contributed by atoms with Crippen LogP contribution in [0.4, 0.5) is 11.4 Å². The summed E-state index contributed by atoms with van der Waals surface area (Å²) in [6, 6.07) is 17.0. The van der Waals surface area contributed by atoms with E-state index >= 15 is 0 Å². The lowest BCUT2D eigenvalue weighted by Crippen LogP contribution is -2.37. The maximum atomic E-state index is 12.8. The highest BCUT2D eigenvalue weighted by atomic mass is 16.6. The Labute approximate surface area is 178 Å². The predicted molar refractivity (Wildman–Crippen MR) is 115 cm³/mol. The average molecular weight is 420 g/mol. The van der Waals surface area contributed by atoms with Gasteiger partial charge in [0.1, 0.15) is 0 Å². The van der Waals surface area contributed by atoms with Crippen LogP contribution in [0.25, 0.3) is 10.8 Å². The number of Topliss-reactive ketones (excluding diaryl/α,β-unsaturated/α-hetero) is 1. The van der Waals surface area contributed by atoms with Crippen molar-refractivity contribution >= 4 is 33.9 Å². The van der Waals surface area contributed by atoms with Crippen LogP contribution in [0.1, 0.15) is 20.7 Å². The van der Waals surface area contributed by atoms with E-state index in [0.717, 1.165) is 10.8 Å². The van der Waals surface area contributed by atoms with E-state index in [1.807, 2.05) is 35.2 Å². The monoisotopic (exact) mass is 420 g/mol. The summed E-state index contributed by atoms with van der Waals surface area (Å²) >= 11 is 0. The first-order chi connectivity index (χ1) is 15.0. The molecule has 1 saturated heterocycles. The Morgan fingerprint density at radius 2 is 1.74 bits per heavy atom. The number of esters is 1. The SMILES string of the molecule is O=C(COC(=O)c1cc([N+](=O)[O-])ccc1N1CCOCC1)c1ccc2ccccc2c1. The van der Waals surface area contributed by atoms with E-state index in [0.29, 0.717) is 37.6 Å². The van der Waals surface area contributed by atoms with Gasteiger partial charge in [-0.15, -0.1) is 0 Å². The molecule has 0 atom stereocenters. The summed E-state index contributed by atoms with van der Waals surface area (Å²) in [4.78, 5) is 37.9. The van der Waals surface area contributed by atoms with Crippen molar-refractivity contribution in [3.05, 3.63) is 81.9 Å². The maximum absolute atomic E-state index is 12.8. The number of ketones is 1. The van der Waals surface area contributed by atoms with Crippen molar-refractivity contribution in [3.63, 3.8) is 0 Å². The van der Waals surface area contributed by atoms with Crippen LogP contribution >= 0.6 is 0 Å². The highest BCUT2D eigenvalue weighted by Gasteiger charge is 2.23. The lowest BCUT2D eigenvalue weighted by molar-refractivity contribution is -0.384. The minimum Gasteiger partial charge on any atom is -0.454 e. The van der Waals surface area contributed by atoms with E-state index in [2.05, 4.69) is 0 Å². The summed E-state index contributed by atoms with van der Waals surface area (Å²) in [5.41, 5.74) is 0.795. The number of ether oxygens (including phenoxy) is 2. The van der Waals surface area contributed by atoms with Gasteiger partial charge in [-0.1, -0.05) is 36.4 Å². The zero-order valence-corrected chi connectivity index (χ0v) is 16.7. The van der Waals surface area contributed by atoms with Crippen molar-refractivity contribution in [2.75, 3.05) is 37.8 Å². The second-order valence-electron chi connectivity index (χ2n) is 7.12. The van der Waals surface area contributed by atoms with Gasteiger partial charge >= 0.3 is 5.97 Å². The molecule has 158 valence electrons. The molecule has 4 rings (SSSR count). The number of hydrogen-bond donors (Lipinski definition) is 0. The number of carbonyl (C=O) groups excluding carboxylic acids is 2. The van der Waals surface area contributed by atoms with Crippen molar-refractivity contribution in [1.29, 1.82) is 0 Å². The summed E-state index contributed by atoms with van der Waals surface area (Å²) < 4.78 is 10.6. The van der Waals surface area contributed by atoms with Crippen LogP contribution in [0.3, 0.4) is 0 Å². The minimum absolute atomic E-state index is 0.0578. The molecule has 1 aliphatic rings. The fourth-order valence-corrected chi connectivity index (χ4v) is 3.54. The van der Waals surface area contributed by atoms with Crippen molar-refractivity contribution in [3.8, 4) is 0 Å². The Hall–Kier alpha value is -3.78. The van der Waals surface area contributed by atoms with Gasteiger partial charge in [-0.3, -0.25) is 14.9 Å². The molecule has 3 aromatic carbocycles. The van der Waals surface area contributed by atoms with Crippen LogP contribution in [0.5, 0.6) is 0 Å². The maximum Gasteiger partial charge on any atom is 0.340 e. The van der Waals surface area contributed by atoms with Crippen molar-refractivity contribution in [2.45, 2.75) is 0 Å². The molecule has 0 unspecified atom stereocenters. The van der Waals surface area contributed by atoms with Gasteiger partial charge in [0.2, 0.25) is 0 Å². The second kappa shape index (κ2) is 8.93. The standard InChI is InChI=1S/C23H20N2O6/c26-22(18-6-5-16-3-1-2-4-17(16)13-18)15-31-23(27)20-14-19(25(28)29)7-8-21(20)24-9-11-30-12-10-24/h1-8,13-14H,9-12,15H2. The molecular formula is C23H20N2O6. The van der Waals surface area contributed by atoms with Gasteiger partial charge in [0.05, 0.1) is 29.4 Å². The number of non-ortho nitro benzene ring substituents is 1. The molecule has 1 aliphatic heterocycles. The number of benzene rings is 3. The summed E-state index contributed by atoms with van der Waals surface area (Å²) in [5, 5.41) is 13.1. The number of morpholine rings is 1. The molecule has 3 aromatic rings. The first-order valence-electron chi connectivity index (χ1n) is 9.83. The number of hydrogen-bond acceptors (Lipinski definition) is 7. The highest BCUT2D eigenvalue weighted by molar-refractivity contribution is 6.03. The summed E-state index contributed by atoms with van der Waals surface area (Å²) in [6.07, 6.45) is 0. The molecule has 0 radical (unpaired) electrons.